The van der Waals surface area contributed by atoms with Crippen LogP contribution in [0, 0.1) is 0 Å². The van der Waals surface area contributed by atoms with Crippen LogP contribution >= 0.6 is 22.7 Å². The van der Waals surface area contributed by atoms with Crippen molar-refractivity contribution >= 4 is 44.7 Å². The highest BCUT2D eigenvalue weighted by atomic mass is 32.1. The van der Waals surface area contributed by atoms with Crippen LogP contribution in [0.25, 0.3) is 10.2 Å². The first-order chi connectivity index (χ1) is 14.5. The summed E-state index contributed by atoms with van der Waals surface area (Å²) in [5, 5.41) is 9.30. The lowest BCUT2D eigenvalue weighted by Crippen LogP contribution is -2.45. The van der Waals surface area contributed by atoms with E-state index in [4.69, 9.17) is 0 Å². The number of rotatable bonds is 7. The molecule has 1 saturated carbocycles. The van der Waals surface area contributed by atoms with Gasteiger partial charge in [-0.1, -0.05) is 18.9 Å². The van der Waals surface area contributed by atoms with E-state index in [0.717, 1.165) is 35.1 Å². The van der Waals surface area contributed by atoms with Crippen molar-refractivity contribution in [3.8, 4) is 0 Å². The first-order valence-corrected chi connectivity index (χ1v) is 11.6. The molecule has 0 aromatic carbocycles. The van der Waals surface area contributed by atoms with Gasteiger partial charge in [0.2, 0.25) is 11.8 Å². The number of nitrogens with zero attached hydrogens (tertiary/aromatic N) is 2. The second-order valence-corrected chi connectivity index (χ2v) is 9.25. The molecule has 0 aliphatic heterocycles. The number of hydrogen-bond acceptors (Lipinski definition) is 6. The van der Waals surface area contributed by atoms with Gasteiger partial charge in [-0.15, -0.1) is 22.7 Å². The van der Waals surface area contributed by atoms with E-state index in [2.05, 4.69) is 10.6 Å². The van der Waals surface area contributed by atoms with Crippen LogP contribution in [0.2, 0.25) is 0 Å². The predicted octanol–water partition coefficient (Wildman–Crippen LogP) is 1.66. The third-order valence-electron chi connectivity index (χ3n) is 5.20. The zero-order valence-corrected chi connectivity index (χ0v) is 17.9. The zero-order chi connectivity index (χ0) is 21.1. The third-order valence-corrected chi connectivity index (χ3v) is 6.97. The molecule has 0 atom stereocenters. The molecule has 1 aliphatic rings. The van der Waals surface area contributed by atoms with E-state index in [-0.39, 0.29) is 25.0 Å². The molecule has 3 aromatic heterocycles. The molecule has 3 aromatic rings. The molecule has 2 amide bonds. The van der Waals surface area contributed by atoms with Gasteiger partial charge in [-0.25, -0.2) is 9.36 Å². The molecule has 1 fully saturated rings. The van der Waals surface area contributed by atoms with Gasteiger partial charge in [-0.3, -0.25) is 19.0 Å². The van der Waals surface area contributed by atoms with Crippen molar-refractivity contribution in [3.63, 3.8) is 0 Å². The molecule has 0 radical (unpaired) electrons. The molecule has 0 spiro atoms. The van der Waals surface area contributed by atoms with Crippen LogP contribution in [-0.2, 0) is 29.2 Å². The van der Waals surface area contributed by atoms with Crippen LogP contribution in [0.1, 0.15) is 30.6 Å². The second kappa shape index (κ2) is 8.97. The van der Waals surface area contributed by atoms with Crippen molar-refractivity contribution < 1.29 is 9.59 Å². The number of nitrogens with one attached hydrogen (secondary N) is 2. The number of hydrogen-bond donors (Lipinski definition) is 2. The third kappa shape index (κ3) is 4.39. The van der Waals surface area contributed by atoms with E-state index >= 15 is 0 Å². The van der Waals surface area contributed by atoms with E-state index in [1.807, 2.05) is 17.5 Å². The van der Waals surface area contributed by atoms with Crippen LogP contribution in [0.15, 0.2) is 38.5 Å². The highest BCUT2D eigenvalue weighted by Gasteiger charge is 2.21. The van der Waals surface area contributed by atoms with Gasteiger partial charge in [0.1, 0.15) is 17.8 Å². The molecule has 158 valence electrons. The Morgan fingerprint density at radius 3 is 2.50 bits per heavy atom. The molecule has 10 heteroatoms. The summed E-state index contributed by atoms with van der Waals surface area (Å²) in [4.78, 5) is 51.6. The Bertz CT molecular complexity index is 1170. The number of carbonyl (C=O) groups is 2. The molecule has 8 nitrogen and oxygen atoms in total. The quantitative estimate of drug-likeness (QED) is 0.576. The largest absolute Gasteiger partial charge is 0.352 e. The van der Waals surface area contributed by atoms with Crippen LogP contribution in [0.5, 0.6) is 0 Å². The van der Waals surface area contributed by atoms with E-state index in [9.17, 15) is 19.2 Å². The summed E-state index contributed by atoms with van der Waals surface area (Å²) in [6.45, 7) is -0.231. The standard InChI is InChI=1S/C20H22N4O4S2/c25-16(21-10-14-6-3-8-29-14)11-24-19(27)18-15(7-9-30-18)23(20(24)28)12-17(26)22-13-4-1-2-5-13/h3,6-9,13H,1-2,4-5,10-12H2,(H,21,25)(H,22,26). The fourth-order valence-corrected chi connectivity index (χ4v) is 5.20. The van der Waals surface area contributed by atoms with E-state index in [0.29, 0.717) is 16.8 Å². The monoisotopic (exact) mass is 446 g/mol. The molecule has 30 heavy (non-hydrogen) atoms. The maximum atomic E-state index is 13.0. The molecular formula is C20H22N4O4S2. The molecule has 4 rings (SSSR count). The fraction of sp³-hybridized carbons (Fsp3) is 0.400. The summed E-state index contributed by atoms with van der Waals surface area (Å²) in [5.74, 6) is -0.690. The molecular weight excluding hydrogens is 424 g/mol. The van der Waals surface area contributed by atoms with Crippen molar-refractivity contribution in [1.82, 2.24) is 19.8 Å². The Morgan fingerprint density at radius 2 is 1.77 bits per heavy atom. The summed E-state index contributed by atoms with van der Waals surface area (Å²) < 4.78 is 2.55. The van der Waals surface area contributed by atoms with Crippen LogP contribution in [0.3, 0.4) is 0 Å². The maximum absolute atomic E-state index is 13.0. The smallest absolute Gasteiger partial charge is 0.332 e. The molecule has 0 unspecified atom stereocenters. The van der Waals surface area contributed by atoms with Gasteiger partial charge >= 0.3 is 5.69 Å². The van der Waals surface area contributed by atoms with Crippen LogP contribution < -0.4 is 21.9 Å². The van der Waals surface area contributed by atoms with Gasteiger partial charge in [0.05, 0.1) is 12.1 Å². The van der Waals surface area contributed by atoms with Gasteiger partial charge in [-0.2, -0.15) is 0 Å². The van der Waals surface area contributed by atoms with Crippen LogP contribution in [0.4, 0.5) is 0 Å². The van der Waals surface area contributed by atoms with Gasteiger partial charge in [-0.05, 0) is 35.7 Å². The summed E-state index contributed by atoms with van der Waals surface area (Å²) in [5.41, 5.74) is -0.741. The second-order valence-electron chi connectivity index (χ2n) is 7.30. The Morgan fingerprint density at radius 1 is 1.00 bits per heavy atom. The van der Waals surface area contributed by atoms with Crippen molar-refractivity contribution in [2.45, 2.75) is 51.4 Å². The molecule has 0 bridgehead atoms. The maximum Gasteiger partial charge on any atom is 0.332 e. The van der Waals surface area contributed by atoms with Gasteiger partial charge < -0.3 is 10.6 Å². The minimum atomic E-state index is -0.654. The Balaban J connectivity index is 1.56. The van der Waals surface area contributed by atoms with E-state index in [1.165, 1.54) is 27.2 Å². The fourth-order valence-electron chi connectivity index (χ4n) is 3.71. The summed E-state index contributed by atoms with van der Waals surface area (Å²) in [6.07, 6.45) is 4.06. The number of amides is 2. The first kappa shape index (κ1) is 20.5. The molecule has 2 N–H and O–H groups in total. The Hall–Kier alpha value is -2.72. The minimum absolute atomic E-state index is 0.139. The van der Waals surface area contributed by atoms with Gasteiger partial charge in [0.15, 0.2) is 0 Å². The van der Waals surface area contributed by atoms with E-state index < -0.39 is 17.2 Å². The normalized spacial score (nSPS) is 14.3. The topological polar surface area (TPSA) is 102 Å². The van der Waals surface area contributed by atoms with Crippen molar-refractivity contribution in [2.75, 3.05) is 0 Å². The van der Waals surface area contributed by atoms with Gasteiger partial charge in [0, 0.05) is 10.9 Å². The summed E-state index contributed by atoms with van der Waals surface area (Å²) >= 11 is 2.71. The highest BCUT2D eigenvalue weighted by molar-refractivity contribution is 7.17. The number of thiophene rings is 2. The number of carbonyl (C=O) groups excluding carboxylic acids is 2. The molecule has 3 heterocycles. The van der Waals surface area contributed by atoms with E-state index in [1.54, 1.807) is 11.4 Å². The lowest BCUT2D eigenvalue weighted by atomic mass is 10.2. The molecule has 0 saturated heterocycles. The average Bonchev–Trinajstić information content (AvgIpc) is 3.49. The highest BCUT2D eigenvalue weighted by Crippen LogP contribution is 2.18. The summed E-state index contributed by atoms with van der Waals surface area (Å²) in [6, 6.07) is 5.58. The first-order valence-electron chi connectivity index (χ1n) is 9.82. The van der Waals surface area contributed by atoms with Crippen LogP contribution in [-0.4, -0.2) is 27.0 Å². The Labute approximate surface area is 180 Å². The van der Waals surface area contributed by atoms with Gasteiger partial charge in [0.25, 0.3) is 5.56 Å². The molecule has 1 aliphatic carbocycles. The number of fused-ring (bicyclic) bond motifs is 1. The SMILES string of the molecule is O=C(Cn1c(=O)c2sccc2n(CC(=O)NC2CCCC2)c1=O)NCc1cccs1. The van der Waals surface area contributed by atoms with Crippen molar-refractivity contribution in [1.29, 1.82) is 0 Å². The van der Waals surface area contributed by atoms with Crippen molar-refractivity contribution in [2.24, 2.45) is 0 Å². The van der Waals surface area contributed by atoms with Crippen molar-refractivity contribution in [3.05, 3.63) is 54.7 Å². The minimum Gasteiger partial charge on any atom is -0.352 e. The Kier molecular flexibility index (Phi) is 6.14. The lowest BCUT2D eigenvalue weighted by Gasteiger charge is -2.15. The summed E-state index contributed by atoms with van der Waals surface area (Å²) in [7, 11) is 0. The number of aromatic nitrogens is 2. The zero-order valence-electron chi connectivity index (χ0n) is 16.3. The lowest BCUT2D eigenvalue weighted by molar-refractivity contribution is -0.122. The predicted molar refractivity (Wildman–Crippen MR) is 117 cm³/mol. The average molecular weight is 447 g/mol.